The van der Waals surface area contributed by atoms with Crippen molar-refractivity contribution >= 4 is 29.0 Å². The number of benzene rings is 2. The van der Waals surface area contributed by atoms with E-state index in [9.17, 15) is 18.8 Å². The number of anilines is 2. The Morgan fingerprint density at radius 2 is 1.89 bits per heavy atom. The van der Waals surface area contributed by atoms with E-state index in [1.165, 1.54) is 6.92 Å². The SMILES string of the molecule is CC(=O)N1CCC[C@@](C)(CC(=O)c2ccc3c(c2)C(C)(C)C(=O)N3c2cccc(OC(C)F)c2)C1. The van der Waals surface area contributed by atoms with Gasteiger partial charge in [-0.25, -0.2) is 4.39 Å². The molecule has 35 heavy (non-hydrogen) atoms. The lowest BCUT2D eigenvalue weighted by Gasteiger charge is -2.40. The molecule has 0 aliphatic carbocycles. The van der Waals surface area contributed by atoms with Gasteiger partial charge in [0.25, 0.3) is 0 Å². The highest BCUT2D eigenvalue weighted by Gasteiger charge is 2.45. The van der Waals surface area contributed by atoms with Crippen LogP contribution in [0.3, 0.4) is 0 Å². The van der Waals surface area contributed by atoms with Gasteiger partial charge in [0.15, 0.2) is 5.78 Å². The number of ketones is 1. The first-order chi connectivity index (χ1) is 16.4. The van der Waals surface area contributed by atoms with Crippen molar-refractivity contribution in [3.05, 3.63) is 53.6 Å². The number of piperidine rings is 1. The van der Waals surface area contributed by atoms with E-state index in [0.29, 0.717) is 35.7 Å². The smallest absolute Gasteiger partial charge is 0.241 e. The zero-order valence-electron chi connectivity index (χ0n) is 21.1. The van der Waals surface area contributed by atoms with E-state index in [1.54, 1.807) is 42.2 Å². The number of ether oxygens (including phenoxy) is 1. The van der Waals surface area contributed by atoms with Gasteiger partial charge in [-0.2, -0.15) is 0 Å². The molecule has 0 aromatic heterocycles. The fraction of sp³-hybridized carbons (Fsp3) is 0.464. The van der Waals surface area contributed by atoms with Crippen LogP contribution in [0.1, 0.15) is 69.8 Å². The zero-order valence-corrected chi connectivity index (χ0v) is 21.1. The second-order valence-electron chi connectivity index (χ2n) is 10.6. The van der Waals surface area contributed by atoms with Crippen molar-refractivity contribution in [1.29, 1.82) is 0 Å². The highest BCUT2D eigenvalue weighted by Crippen LogP contribution is 2.46. The standard InChI is InChI=1S/C28H33FN2O4/c1-18(29)35-22-9-6-8-21(15-22)31-24-11-10-20(14-23(24)27(3,4)26(31)34)25(33)16-28(5)12-7-13-30(17-28)19(2)32/h6,8-11,14-15,18H,7,12-13,16-17H2,1-5H3/t18?,28-/m0/s1. The largest absolute Gasteiger partial charge is 0.461 e. The van der Waals surface area contributed by atoms with E-state index >= 15 is 0 Å². The molecule has 2 atom stereocenters. The van der Waals surface area contributed by atoms with Crippen molar-refractivity contribution in [3.8, 4) is 5.75 Å². The minimum atomic E-state index is -1.47. The molecule has 0 saturated carbocycles. The molecule has 0 N–H and O–H groups in total. The Bertz CT molecular complexity index is 1180. The summed E-state index contributed by atoms with van der Waals surface area (Å²) in [6.45, 7) is 9.94. The van der Waals surface area contributed by atoms with Gasteiger partial charge in [0.05, 0.1) is 16.8 Å². The molecule has 1 unspecified atom stereocenters. The third kappa shape index (κ3) is 4.81. The lowest BCUT2D eigenvalue weighted by Crippen LogP contribution is -2.44. The monoisotopic (exact) mass is 480 g/mol. The number of likely N-dealkylation sites (tertiary alicyclic amines) is 1. The molecule has 1 saturated heterocycles. The molecule has 2 amide bonds. The van der Waals surface area contributed by atoms with Crippen LogP contribution >= 0.6 is 0 Å². The van der Waals surface area contributed by atoms with Crippen molar-refractivity contribution in [2.75, 3.05) is 18.0 Å². The van der Waals surface area contributed by atoms with Crippen LogP contribution in [0.25, 0.3) is 0 Å². The van der Waals surface area contributed by atoms with Gasteiger partial charge in [0.2, 0.25) is 18.2 Å². The predicted octanol–water partition coefficient (Wildman–Crippen LogP) is 5.56. The summed E-state index contributed by atoms with van der Waals surface area (Å²) in [6, 6.07) is 12.2. The molecule has 0 radical (unpaired) electrons. The van der Waals surface area contributed by atoms with E-state index < -0.39 is 11.8 Å². The zero-order chi connectivity index (χ0) is 25.5. The van der Waals surface area contributed by atoms with Gasteiger partial charge in [-0.05, 0) is 68.0 Å². The second-order valence-corrected chi connectivity index (χ2v) is 10.6. The summed E-state index contributed by atoms with van der Waals surface area (Å²) in [5.74, 6) is 0.258. The molecule has 0 spiro atoms. The first-order valence-electron chi connectivity index (χ1n) is 12.1. The van der Waals surface area contributed by atoms with Gasteiger partial charge in [-0.1, -0.05) is 13.0 Å². The number of Topliss-reactive ketones (excluding diaryl/α,β-unsaturated/α-hetero) is 1. The number of carbonyl (C=O) groups is 3. The number of amides is 2. The number of rotatable bonds is 6. The van der Waals surface area contributed by atoms with Gasteiger partial charge in [0.1, 0.15) is 5.75 Å². The number of fused-ring (bicyclic) bond motifs is 1. The predicted molar refractivity (Wildman–Crippen MR) is 133 cm³/mol. The normalized spacial score (nSPS) is 22.1. The number of halogens is 1. The Morgan fingerprint density at radius 3 is 2.57 bits per heavy atom. The first kappa shape index (κ1) is 24.9. The van der Waals surface area contributed by atoms with Crippen molar-refractivity contribution in [1.82, 2.24) is 4.90 Å². The van der Waals surface area contributed by atoms with E-state index in [1.807, 2.05) is 30.9 Å². The topological polar surface area (TPSA) is 66.9 Å². The molecule has 2 aliphatic heterocycles. The third-order valence-electron chi connectivity index (χ3n) is 7.16. The van der Waals surface area contributed by atoms with E-state index in [-0.39, 0.29) is 23.0 Å². The number of carbonyl (C=O) groups excluding carboxylic acids is 3. The molecule has 6 nitrogen and oxygen atoms in total. The van der Waals surface area contributed by atoms with Crippen LogP contribution in [-0.2, 0) is 15.0 Å². The van der Waals surface area contributed by atoms with Crippen molar-refractivity contribution in [3.63, 3.8) is 0 Å². The minimum absolute atomic E-state index is 0.00901. The Hall–Kier alpha value is -3.22. The Morgan fingerprint density at radius 1 is 1.14 bits per heavy atom. The highest BCUT2D eigenvalue weighted by molar-refractivity contribution is 6.13. The molecule has 4 rings (SSSR count). The van der Waals surface area contributed by atoms with Crippen LogP contribution in [0, 0.1) is 5.41 Å². The molecule has 2 aliphatic rings. The van der Waals surface area contributed by atoms with Crippen molar-refractivity contribution in [2.45, 2.75) is 65.7 Å². The summed E-state index contributed by atoms with van der Waals surface area (Å²) in [5, 5.41) is 0. The molecule has 2 aromatic rings. The summed E-state index contributed by atoms with van der Waals surface area (Å²) in [5.41, 5.74) is 1.52. The number of hydrogen-bond acceptors (Lipinski definition) is 4. The Labute approximate surface area is 206 Å². The van der Waals surface area contributed by atoms with E-state index in [2.05, 4.69) is 6.92 Å². The fourth-order valence-electron chi connectivity index (χ4n) is 5.27. The van der Waals surface area contributed by atoms with E-state index in [4.69, 9.17) is 4.74 Å². The first-order valence-corrected chi connectivity index (χ1v) is 12.1. The molecular formula is C28H33FN2O4. The molecule has 2 heterocycles. The molecule has 2 aromatic carbocycles. The summed E-state index contributed by atoms with van der Waals surface area (Å²) < 4.78 is 18.5. The third-order valence-corrected chi connectivity index (χ3v) is 7.16. The number of nitrogens with zero attached hydrogens (tertiary/aromatic N) is 2. The van der Waals surface area contributed by atoms with Crippen LogP contribution in [0.2, 0.25) is 0 Å². The minimum Gasteiger partial charge on any atom is -0.461 e. The van der Waals surface area contributed by atoms with Crippen LogP contribution in [0.5, 0.6) is 5.75 Å². The van der Waals surface area contributed by atoms with Gasteiger partial charge in [-0.3, -0.25) is 19.3 Å². The van der Waals surface area contributed by atoms with Gasteiger partial charge < -0.3 is 9.64 Å². The summed E-state index contributed by atoms with van der Waals surface area (Å²) in [4.78, 5) is 42.1. The maximum absolute atomic E-state index is 13.5. The average Bonchev–Trinajstić information content (AvgIpc) is 2.98. The lowest BCUT2D eigenvalue weighted by molar-refractivity contribution is -0.132. The molecule has 186 valence electrons. The quantitative estimate of drug-likeness (QED) is 0.508. The van der Waals surface area contributed by atoms with Gasteiger partial charge >= 0.3 is 0 Å². The fourth-order valence-corrected chi connectivity index (χ4v) is 5.27. The maximum Gasteiger partial charge on any atom is 0.241 e. The highest BCUT2D eigenvalue weighted by atomic mass is 19.1. The van der Waals surface area contributed by atoms with Crippen LogP contribution in [0.4, 0.5) is 15.8 Å². The lowest BCUT2D eigenvalue weighted by atomic mass is 9.76. The Balaban J connectivity index is 1.63. The average molecular weight is 481 g/mol. The molecule has 1 fully saturated rings. The van der Waals surface area contributed by atoms with Crippen LogP contribution in [-0.4, -0.2) is 41.9 Å². The summed E-state index contributed by atoms with van der Waals surface area (Å²) in [7, 11) is 0. The second kappa shape index (κ2) is 9.10. The number of hydrogen-bond donors (Lipinski definition) is 0. The van der Waals surface area contributed by atoms with Crippen LogP contribution < -0.4 is 9.64 Å². The summed E-state index contributed by atoms with van der Waals surface area (Å²) >= 11 is 0. The van der Waals surface area contributed by atoms with Crippen molar-refractivity contribution < 1.29 is 23.5 Å². The van der Waals surface area contributed by atoms with Crippen molar-refractivity contribution in [2.24, 2.45) is 5.41 Å². The summed E-state index contributed by atoms with van der Waals surface area (Å²) in [6.07, 6.45) is 0.647. The van der Waals surface area contributed by atoms with Crippen LogP contribution in [0.15, 0.2) is 42.5 Å². The Kier molecular flexibility index (Phi) is 6.47. The van der Waals surface area contributed by atoms with Gasteiger partial charge in [0, 0.05) is 45.0 Å². The van der Waals surface area contributed by atoms with Gasteiger partial charge in [-0.15, -0.1) is 0 Å². The molecular weight excluding hydrogens is 447 g/mol. The number of alkyl halides is 1. The molecule has 0 bridgehead atoms. The maximum atomic E-state index is 13.5. The molecule has 7 heteroatoms. The van der Waals surface area contributed by atoms with E-state index in [0.717, 1.165) is 24.9 Å².